The fourth-order valence-corrected chi connectivity index (χ4v) is 2.81. The molecule has 1 aromatic carbocycles. The maximum absolute atomic E-state index is 11.4. The van der Waals surface area contributed by atoms with Crippen LogP contribution in [0, 0.1) is 0 Å². The van der Waals surface area contributed by atoms with Gasteiger partial charge in [-0.3, -0.25) is 4.79 Å². The fraction of sp³-hybridized carbons (Fsp3) is 0.556. The molecule has 0 radical (unpaired) electrons. The molecule has 0 aliphatic carbocycles. The van der Waals surface area contributed by atoms with Gasteiger partial charge in [0.05, 0.1) is 13.2 Å². The molecule has 1 saturated heterocycles. The Bertz CT molecular complexity index is 566. The van der Waals surface area contributed by atoms with E-state index in [1.165, 1.54) is 5.56 Å². The molecule has 1 amide bonds. The molecule has 6 nitrogen and oxygen atoms in total. The molecule has 0 aromatic heterocycles. The number of hydrogen-bond donors (Lipinski definition) is 1. The number of hydrogen-bond acceptors (Lipinski definition) is 3. The van der Waals surface area contributed by atoms with Gasteiger partial charge in [-0.1, -0.05) is 24.3 Å². The average molecular weight is 332 g/mol. The summed E-state index contributed by atoms with van der Waals surface area (Å²) in [6, 6.07) is 8.31. The summed E-state index contributed by atoms with van der Waals surface area (Å²) in [5, 5.41) is 3.35. The van der Waals surface area contributed by atoms with Crippen molar-refractivity contribution in [3.63, 3.8) is 0 Å². The third-order valence-electron chi connectivity index (χ3n) is 4.07. The lowest BCUT2D eigenvalue weighted by Gasteiger charge is -2.36. The van der Waals surface area contributed by atoms with Crippen LogP contribution in [0.2, 0.25) is 0 Å². The zero-order valence-corrected chi connectivity index (χ0v) is 14.9. The normalized spacial score (nSPS) is 15.5. The second-order valence-electron chi connectivity index (χ2n) is 5.92. The van der Waals surface area contributed by atoms with Crippen molar-refractivity contribution in [2.24, 2.45) is 4.99 Å². The smallest absolute Gasteiger partial charge is 0.219 e. The maximum Gasteiger partial charge on any atom is 0.219 e. The molecular weight excluding hydrogens is 304 g/mol. The highest BCUT2D eigenvalue weighted by molar-refractivity contribution is 5.80. The lowest BCUT2D eigenvalue weighted by Crippen LogP contribution is -2.53. The number of rotatable bonds is 5. The van der Waals surface area contributed by atoms with Gasteiger partial charge in [0.15, 0.2) is 5.96 Å². The second-order valence-corrected chi connectivity index (χ2v) is 5.92. The number of amides is 1. The second kappa shape index (κ2) is 9.27. The molecule has 1 heterocycles. The molecule has 132 valence electrons. The molecule has 6 heteroatoms. The highest BCUT2D eigenvalue weighted by Gasteiger charge is 2.20. The Kier molecular flexibility index (Phi) is 7.06. The number of guanidine groups is 1. The Balaban J connectivity index is 2.00. The van der Waals surface area contributed by atoms with Crippen LogP contribution in [0.3, 0.4) is 0 Å². The van der Waals surface area contributed by atoms with E-state index in [1.54, 1.807) is 14.0 Å². The Morgan fingerprint density at radius 3 is 2.50 bits per heavy atom. The van der Waals surface area contributed by atoms with Gasteiger partial charge in [0.2, 0.25) is 5.91 Å². The maximum atomic E-state index is 11.4. The van der Waals surface area contributed by atoms with Gasteiger partial charge in [0.1, 0.15) is 0 Å². The van der Waals surface area contributed by atoms with E-state index in [0.29, 0.717) is 13.2 Å². The molecule has 0 saturated carbocycles. The van der Waals surface area contributed by atoms with Gasteiger partial charge >= 0.3 is 0 Å². The van der Waals surface area contributed by atoms with Gasteiger partial charge < -0.3 is 19.9 Å². The highest BCUT2D eigenvalue weighted by atomic mass is 16.5. The summed E-state index contributed by atoms with van der Waals surface area (Å²) >= 11 is 0. The first-order valence-corrected chi connectivity index (χ1v) is 8.49. The van der Waals surface area contributed by atoms with E-state index in [9.17, 15) is 4.79 Å². The molecule has 0 bridgehead atoms. The first-order chi connectivity index (χ1) is 11.6. The number of nitrogens with one attached hydrogen (secondary N) is 1. The van der Waals surface area contributed by atoms with Gasteiger partial charge in [0, 0.05) is 46.8 Å². The van der Waals surface area contributed by atoms with Crippen molar-refractivity contribution in [2.75, 3.05) is 39.8 Å². The van der Waals surface area contributed by atoms with Crippen LogP contribution in [0.1, 0.15) is 25.0 Å². The Hall–Kier alpha value is -2.08. The number of carbonyl (C=O) groups excluding carboxylic acids is 1. The molecule has 0 spiro atoms. The van der Waals surface area contributed by atoms with E-state index in [2.05, 4.69) is 35.3 Å². The first kappa shape index (κ1) is 18.3. The van der Waals surface area contributed by atoms with Gasteiger partial charge in [-0.2, -0.15) is 0 Å². The highest BCUT2D eigenvalue weighted by Crippen LogP contribution is 2.09. The zero-order chi connectivity index (χ0) is 17.4. The Morgan fingerprint density at radius 2 is 1.88 bits per heavy atom. The van der Waals surface area contributed by atoms with Crippen LogP contribution in [-0.2, 0) is 22.7 Å². The summed E-state index contributed by atoms with van der Waals surface area (Å²) in [5.74, 6) is 1.06. The Labute approximate surface area is 144 Å². The van der Waals surface area contributed by atoms with Gasteiger partial charge in [-0.15, -0.1) is 0 Å². The first-order valence-electron chi connectivity index (χ1n) is 8.49. The molecule has 2 rings (SSSR count). The van der Waals surface area contributed by atoms with Gasteiger partial charge in [-0.25, -0.2) is 4.99 Å². The van der Waals surface area contributed by atoms with Crippen LogP contribution in [0.4, 0.5) is 0 Å². The predicted octanol–water partition coefficient (Wildman–Crippen LogP) is 1.46. The van der Waals surface area contributed by atoms with Crippen molar-refractivity contribution in [3.05, 3.63) is 35.4 Å². The van der Waals surface area contributed by atoms with E-state index in [0.717, 1.165) is 44.2 Å². The van der Waals surface area contributed by atoms with Crippen molar-refractivity contribution in [2.45, 2.75) is 27.0 Å². The van der Waals surface area contributed by atoms with Gasteiger partial charge in [-0.05, 0) is 18.1 Å². The van der Waals surface area contributed by atoms with Crippen LogP contribution >= 0.6 is 0 Å². The minimum absolute atomic E-state index is 0.145. The van der Waals surface area contributed by atoms with Crippen molar-refractivity contribution in [1.29, 1.82) is 0 Å². The number of aliphatic imine (C=N–C) groups is 1. The molecule has 1 fully saturated rings. The monoisotopic (exact) mass is 332 g/mol. The minimum atomic E-state index is 0.145. The van der Waals surface area contributed by atoms with Crippen molar-refractivity contribution in [1.82, 2.24) is 15.1 Å². The van der Waals surface area contributed by atoms with Crippen LogP contribution in [0.15, 0.2) is 29.3 Å². The minimum Gasteiger partial charge on any atom is -0.380 e. The van der Waals surface area contributed by atoms with Crippen LogP contribution in [0.5, 0.6) is 0 Å². The molecule has 1 aromatic rings. The topological polar surface area (TPSA) is 57.2 Å². The zero-order valence-electron chi connectivity index (χ0n) is 14.9. The predicted molar refractivity (Wildman–Crippen MR) is 95.8 cm³/mol. The lowest BCUT2D eigenvalue weighted by molar-refractivity contribution is -0.130. The average Bonchev–Trinajstić information content (AvgIpc) is 2.59. The summed E-state index contributed by atoms with van der Waals surface area (Å²) in [4.78, 5) is 20.3. The standard InChI is InChI=1S/C18H28N4O2/c1-4-19-18(22-10-8-21(9-11-22)15(2)23)20-13-16-6-5-7-17(12-16)14-24-3/h5-7,12H,4,8-11,13-14H2,1-3H3,(H,19,20). The molecular formula is C18H28N4O2. The lowest BCUT2D eigenvalue weighted by atomic mass is 10.1. The van der Waals surface area contributed by atoms with Crippen molar-refractivity contribution < 1.29 is 9.53 Å². The summed E-state index contributed by atoms with van der Waals surface area (Å²) < 4.78 is 5.18. The van der Waals surface area contributed by atoms with Gasteiger partial charge in [0.25, 0.3) is 0 Å². The Morgan fingerprint density at radius 1 is 1.21 bits per heavy atom. The third-order valence-corrected chi connectivity index (χ3v) is 4.07. The largest absolute Gasteiger partial charge is 0.380 e. The third kappa shape index (κ3) is 5.23. The molecule has 1 aliphatic heterocycles. The summed E-state index contributed by atoms with van der Waals surface area (Å²) in [6.07, 6.45) is 0. The van der Waals surface area contributed by atoms with E-state index < -0.39 is 0 Å². The summed E-state index contributed by atoms with van der Waals surface area (Å²) in [5.41, 5.74) is 2.33. The summed E-state index contributed by atoms with van der Waals surface area (Å²) in [7, 11) is 1.70. The number of ether oxygens (including phenoxy) is 1. The van der Waals surface area contributed by atoms with Crippen LogP contribution in [0.25, 0.3) is 0 Å². The quantitative estimate of drug-likeness (QED) is 0.655. The van der Waals surface area contributed by atoms with Crippen LogP contribution in [-0.4, -0.2) is 61.5 Å². The van der Waals surface area contributed by atoms with E-state index >= 15 is 0 Å². The number of methoxy groups -OCH3 is 1. The molecule has 24 heavy (non-hydrogen) atoms. The number of benzene rings is 1. The van der Waals surface area contributed by atoms with Crippen molar-refractivity contribution in [3.8, 4) is 0 Å². The number of piperazine rings is 1. The van der Waals surface area contributed by atoms with E-state index in [1.807, 2.05) is 11.0 Å². The SMILES string of the molecule is CCNC(=NCc1cccc(COC)c1)N1CCN(C(C)=O)CC1. The number of carbonyl (C=O) groups is 1. The molecule has 1 N–H and O–H groups in total. The molecule has 0 atom stereocenters. The molecule has 1 aliphatic rings. The van der Waals surface area contributed by atoms with E-state index in [4.69, 9.17) is 9.73 Å². The molecule has 0 unspecified atom stereocenters. The summed E-state index contributed by atoms with van der Waals surface area (Å²) in [6.45, 7) is 8.91. The fourth-order valence-electron chi connectivity index (χ4n) is 2.81. The van der Waals surface area contributed by atoms with Crippen LogP contribution < -0.4 is 5.32 Å². The van der Waals surface area contributed by atoms with E-state index in [-0.39, 0.29) is 5.91 Å². The van der Waals surface area contributed by atoms with Crippen molar-refractivity contribution >= 4 is 11.9 Å². The number of nitrogens with zero attached hydrogens (tertiary/aromatic N) is 3.